The number of rotatable bonds is 3. The van der Waals surface area contributed by atoms with Crippen LogP contribution in [-0.2, 0) is 4.79 Å². The molecular formula is C22H26N2O. The van der Waals surface area contributed by atoms with E-state index in [2.05, 4.69) is 66.5 Å². The van der Waals surface area contributed by atoms with Crippen molar-refractivity contribution < 1.29 is 4.79 Å². The van der Waals surface area contributed by atoms with E-state index in [-0.39, 0.29) is 18.0 Å². The maximum absolute atomic E-state index is 12.5. The number of fused-ring (bicyclic) bond motifs is 1. The van der Waals surface area contributed by atoms with E-state index in [4.69, 9.17) is 0 Å². The van der Waals surface area contributed by atoms with Crippen LogP contribution in [0, 0.1) is 18.8 Å². The fourth-order valence-corrected chi connectivity index (χ4v) is 4.42. The number of para-hydroxylation sites is 2. The molecule has 2 aromatic rings. The molecule has 1 aliphatic carbocycles. The Kier molecular flexibility index (Phi) is 4.03. The lowest BCUT2D eigenvalue weighted by molar-refractivity contribution is -0.117. The van der Waals surface area contributed by atoms with Gasteiger partial charge in [-0.15, -0.1) is 0 Å². The smallest absolute Gasteiger partial charge is 0.224 e. The van der Waals surface area contributed by atoms with E-state index < -0.39 is 0 Å². The van der Waals surface area contributed by atoms with Crippen molar-refractivity contribution in [2.45, 2.75) is 45.7 Å². The van der Waals surface area contributed by atoms with E-state index in [1.54, 1.807) is 6.92 Å². The number of hydrogen-bond acceptors (Lipinski definition) is 2. The second-order valence-corrected chi connectivity index (χ2v) is 7.57. The first-order valence-electron chi connectivity index (χ1n) is 9.29. The average molecular weight is 334 g/mol. The lowest BCUT2D eigenvalue weighted by Gasteiger charge is -2.46. The first-order valence-corrected chi connectivity index (χ1v) is 9.29. The van der Waals surface area contributed by atoms with Crippen molar-refractivity contribution in [1.82, 2.24) is 0 Å². The average Bonchev–Trinajstić information content (AvgIpc) is 3.43. The van der Waals surface area contributed by atoms with Crippen molar-refractivity contribution in [3.63, 3.8) is 0 Å². The summed E-state index contributed by atoms with van der Waals surface area (Å²) < 4.78 is 0. The Morgan fingerprint density at radius 1 is 1.08 bits per heavy atom. The molecule has 1 heterocycles. The minimum Gasteiger partial charge on any atom is -0.378 e. The highest BCUT2D eigenvalue weighted by atomic mass is 16.2. The van der Waals surface area contributed by atoms with Gasteiger partial charge >= 0.3 is 0 Å². The van der Waals surface area contributed by atoms with Gasteiger partial charge in [-0.25, -0.2) is 0 Å². The molecule has 1 aliphatic heterocycles. The van der Waals surface area contributed by atoms with Crippen LogP contribution < -0.4 is 10.2 Å². The quantitative estimate of drug-likeness (QED) is 0.863. The van der Waals surface area contributed by atoms with Crippen LogP contribution in [0.4, 0.5) is 11.4 Å². The van der Waals surface area contributed by atoms with Gasteiger partial charge in [0.25, 0.3) is 0 Å². The molecule has 130 valence electrons. The fourth-order valence-electron chi connectivity index (χ4n) is 4.42. The Morgan fingerprint density at radius 3 is 2.44 bits per heavy atom. The summed E-state index contributed by atoms with van der Waals surface area (Å²) in [6, 6.07) is 17.3. The summed E-state index contributed by atoms with van der Waals surface area (Å²) >= 11 is 0. The van der Waals surface area contributed by atoms with E-state index in [9.17, 15) is 4.79 Å². The van der Waals surface area contributed by atoms with E-state index >= 15 is 0 Å². The van der Waals surface area contributed by atoms with Gasteiger partial charge in [0, 0.05) is 30.3 Å². The molecule has 0 saturated heterocycles. The molecule has 2 aromatic carbocycles. The summed E-state index contributed by atoms with van der Waals surface area (Å²) in [5, 5.41) is 3.79. The molecule has 0 bridgehead atoms. The van der Waals surface area contributed by atoms with Gasteiger partial charge in [-0.1, -0.05) is 43.3 Å². The van der Waals surface area contributed by atoms with Gasteiger partial charge in [-0.05, 0) is 48.9 Å². The number of carbonyl (C=O) groups excluding carboxylic acids is 1. The SMILES string of the molecule is CC(=O)N1c2ccccc2[C@H](Nc2ccccc2C)[C@@H](C)[C@@H]1C1CC1. The third-order valence-corrected chi connectivity index (χ3v) is 5.79. The molecule has 1 fully saturated rings. The first-order chi connectivity index (χ1) is 12.1. The van der Waals surface area contributed by atoms with Gasteiger partial charge in [0.1, 0.15) is 0 Å². The highest BCUT2D eigenvalue weighted by Gasteiger charge is 2.47. The predicted octanol–water partition coefficient (Wildman–Crippen LogP) is 4.93. The summed E-state index contributed by atoms with van der Waals surface area (Å²) in [6.45, 7) is 6.14. The van der Waals surface area contributed by atoms with Crippen LogP contribution >= 0.6 is 0 Å². The molecule has 0 spiro atoms. The minimum atomic E-state index is 0.158. The number of hydrogen-bond donors (Lipinski definition) is 1. The molecule has 3 nitrogen and oxygen atoms in total. The number of aryl methyl sites for hydroxylation is 1. The molecule has 3 heteroatoms. The van der Waals surface area contributed by atoms with Gasteiger partial charge < -0.3 is 10.2 Å². The molecule has 2 aliphatic rings. The number of nitrogens with zero attached hydrogens (tertiary/aromatic N) is 1. The van der Waals surface area contributed by atoms with Crippen LogP contribution in [0.3, 0.4) is 0 Å². The molecule has 1 saturated carbocycles. The molecule has 0 unspecified atom stereocenters. The van der Waals surface area contributed by atoms with E-state index in [0.717, 1.165) is 5.69 Å². The Bertz CT molecular complexity index is 796. The molecule has 25 heavy (non-hydrogen) atoms. The Balaban J connectivity index is 1.79. The first kappa shape index (κ1) is 16.2. The molecular weight excluding hydrogens is 308 g/mol. The summed E-state index contributed by atoms with van der Waals surface area (Å²) in [5.41, 5.74) is 4.74. The minimum absolute atomic E-state index is 0.158. The van der Waals surface area contributed by atoms with E-state index in [1.807, 2.05) is 6.07 Å². The third kappa shape index (κ3) is 2.82. The van der Waals surface area contributed by atoms with E-state index in [0.29, 0.717) is 11.8 Å². The molecule has 1 N–H and O–H groups in total. The van der Waals surface area contributed by atoms with Gasteiger partial charge in [-0.2, -0.15) is 0 Å². The molecule has 4 rings (SSSR count). The second kappa shape index (κ2) is 6.21. The summed E-state index contributed by atoms with van der Waals surface area (Å²) in [5.74, 6) is 1.16. The van der Waals surface area contributed by atoms with Crippen LogP contribution in [0.1, 0.15) is 43.9 Å². The molecule has 0 radical (unpaired) electrons. The number of carbonyl (C=O) groups is 1. The predicted molar refractivity (Wildman–Crippen MR) is 103 cm³/mol. The van der Waals surface area contributed by atoms with Crippen LogP contribution in [0.15, 0.2) is 48.5 Å². The highest BCUT2D eigenvalue weighted by molar-refractivity contribution is 5.94. The zero-order valence-electron chi connectivity index (χ0n) is 15.2. The van der Waals surface area contributed by atoms with E-state index in [1.165, 1.54) is 29.7 Å². The monoisotopic (exact) mass is 334 g/mol. The van der Waals surface area contributed by atoms with Gasteiger partial charge in [0.15, 0.2) is 0 Å². The van der Waals surface area contributed by atoms with Crippen molar-refractivity contribution in [3.8, 4) is 0 Å². The lowest BCUT2D eigenvalue weighted by atomic mass is 9.80. The standard InChI is InChI=1S/C22H26N2O/c1-14-8-4-6-10-19(14)23-21-15(2)22(17-12-13-17)24(16(3)25)20-11-7-5-9-18(20)21/h4-11,15,17,21-23H,12-13H2,1-3H3/t15-,21-,22-/m1/s1. The zero-order chi connectivity index (χ0) is 17.6. The Hall–Kier alpha value is -2.29. The third-order valence-electron chi connectivity index (χ3n) is 5.79. The fraction of sp³-hybridized carbons (Fsp3) is 0.409. The van der Waals surface area contributed by atoms with Crippen molar-refractivity contribution in [1.29, 1.82) is 0 Å². The van der Waals surface area contributed by atoms with Crippen LogP contribution in [0.5, 0.6) is 0 Å². The van der Waals surface area contributed by atoms with Crippen LogP contribution in [0.25, 0.3) is 0 Å². The van der Waals surface area contributed by atoms with Gasteiger partial charge in [0.05, 0.1) is 6.04 Å². The lowest BCUT2D eigenvalue weighted by Crippen LogP contribution is -2.51. The van der Waals surface area contributed by atoms with Crippen molar-refractivity contribution >= 4 is 17.3 Å². The number of anilines is 2. The molecule has 3 atom stereocenters. The van der Waals surface area contributed by atoms with Crippen LogP contribution in [-0.4, -0.2) is 11.9 Å². The largest absolute Gasteiger partial charge is 0.378 e. The summed E-state index contributed by atoms with van der Waals surface area (Å²) in [7, 11) is 0. The zero-order valence-corrected chi connectivity index (χ0v) is 15.2. The summed E-state index contributed by atoms with van der Waals surface area (Å²) in [4.78, 5) is 14.5. The normalized spacial score (nSPS) is 25.4. The second-order valence-electron chi connectivity index (χ2n) is 7.57. The molecule has 0 aromatic heterocycles. The number of nitrogens with one attached hydrogen (secondary N) is 1. The number of benzene rings is 2. The Labute approximate surface area is 150 Å². The maximum Gasteiger partial charge on any atom is 0.224 e. The topological polar surface area (TPSA) is 32.3 Å². The summed E-state index contributed by atoms with van der Waals surface area (Å²) in [6.07, 6.45) is 2.47. The van der Waals surface area contributed by atoms with Crippen molar-refractivity contribution in [3.05, 3.63) is 59.7 Å². The maximum atomic E-state index is 12.5. The highest BCUT2D eigenvalue weighted by Crippen LogP contribution is 2.49. The van der Waals surface area contributed by atoms with Gasteiger partial charge in [0.2, 0.25) is 5.91 Å². The van der Waals surface area contributed by atoms with Gasteiger partial charge in [-0.3, -0.25) is 4.79 Å². The van der Waals surface area contributed by atoms with Crippen molar-refractivity contribution in [2.24, 2.45) is 11.8 Å². The van der Waals surface area contributed by atoms with Crippen molar-refractivity contribution in [2.75, 3.05) is 10.2 Å². The Morgan fingerprint density at radius 2 is 1.76 bits per heavy atom. The number of amides is 1. The van der Waals surface area contributed by atoms with Crippen LogP contribution in [0.2, 0.25) is 0 Å². The molecule has 1 amide bonds.